The van der Waals surface area contributed by atoms with Crippen molar-refractivity contribution in [3.8, 4) is 0 Å². The van der Waals surface area contributed by atoms with Crippen molar-refractivity contribution in [1.82, 2.24) is 5.32 Å². The maximum atomic E-state index is 10.5. The molecule has 2 N–H and O–H groups in total. The van der Waals surface area contributed by atoms with Gasteiger partial charge in [-0.1, -0.05) is 6.08 Å². The second-order valence-corrected chi connectivity index (χ2v) is 3.18. The van der Waals surface area contributed by atoms with E-state index >= 15 is 0 Å². The molecule has 0 bridgehead atoms. The van der Waals surface area contributed by atoms with Gasteiger partial charge in [0.25, 0.3) is 0 Å². The van der Waals surface area contributed by atoms with Crippen LogP contribution in [0.2, 0.25) is 0 Å². The molecule has 0 radical (unpaired) electrons. The van der Waals surface area contributed by atoms with Gasteiger partial charge in [-0.15, -0.1) is 0 Å². The highest BCUT2D eigenvalue weighted by molar-refractivity contribution is 5.84. The van der Waals surface area contributed by atoms with Crippen LogP contribution in [0.1, 0.15) is 29.7 Å². The van der Waals surface area contributed by atoms with Crippen LogP contribution in [-0.2, 0) is 4.79 Å². The van der Waals surface area contributed by atoms with Crippen LogP contribution >= 0.6 is 0 Å². The zero-order chi connectivity index (χ0) is 12.0. The first-order chi connectivity index (χ1) is 7.59. The van der Waals surface area contributed by atoms with E-state index < -0.39 is 5.97 Å². The van der Waals surface area contributed by atoms with E-state index in [0.29, 0.717) is 18.7 Å². The Hall–Kier alpha value is -2.04. The topological polar surface area (TPSA) is 79.5 Å². The SMILES string of the molecule is CC(=O)NCCC=Cc1ccc(C(=O)O)o1. The normalized spacial score (nSPS) is 10.6. The lowest BCUT2D eigenvalue weighted by atomic mass is 10.3. The zero-order valence-corrected chi connectivity index (χ0v) is 8.90. The van der Waals surface area contributed by atoms with Crippen LogP contribution in [0.25, 0.3) is 6.08 Å². The summed E-state index contributed by atoms with van der Waals surface area (Å²) in [7, 11) is 0. The Labute approximate surface area is 92.8 Å². The van der Waals surface area contributed by atoms with Crippen molar-refractivity contribution in [2.75, 3.05) is 6.54 Å². The third kappa shape index (κ3) is 4.00. The van der Waals surface area contributed by atoms with Crippen molar-refractivity contribution in [3.05, 3.63) is 29.7 Å². The molecule has 0 aliphatic carbocycles. The highest BCUT2D eigenvalue weighted by atomic mass is 16.4. The Balaban J connectivity index is 2.38. The van der Waals surface area contributed by atoms with Gasteiger partial charge in [0.1, 0.15) is 5.76 Å². The van der Waals surface area contributed by atoms with Gasteiger partial charge in [-0.2, -0.15) is 0 Å². The summed E-state index contributed by atoms with van der Waals surface area (Å²) in [4.78, 5) is 21.0. The summed E-state index contributed by atoms with van der Waals surface area (Å²) in [6.07, 6.45) is 4.15. The first kappa shape index (κ1) is 12.0. The van der Waals surface area contributed by atoms with Crippen LogP contribution in [0, 0.1) is 0 Å². The molecule has 1 amide bonds. The van der Waals surface area contributed by atoms with Gasteiger partial charge in [0, 0.05) is 13.5 Å². The first-order valence-electron chi connectivity index (χ1n) is 4.83. The van der Waals surface area contributed by atoms with Gasteiger partial charge in [0.15, 0.2) is 0 Å². The van der Waals surface area contributed by atoms with E-state index in [-0.39, 0.29) is 11.7 Å². The lowest BCUT2D eigenvalue weighted by Crippen LogP contribution is -2.20. The molecule has 1 rings (SSSR count). The number of carbonyl (C=O) groups is 2. The van der Waals surface area contributed by atoms with Crippen LogP contribution < -0.4 is 5.32 Å². The summed E-state index contributed by atoms with van der Waals surface area (Å²) in [6.45, 7) is 2.01. The lowest BCUT2D eigenvalue weighted by Gasteiger charge is -1.95. The fourth-order valence-electron chi connectivity index (χ4n) is 1.09. The lowest BCUT2D eigenvalue weighted by molar-refractivity contribution is -0.118. The van der Waals surface area contributed by atoms with Crippen molar-refractivity contribution in [3.63, 3.8) is 0 Å². The number of carboxylic acid groups (broad SMARTS) is 1. The Kier molecular flexibility index (Phi) is 4.32. The standard InChI is InChI=1S/C11H13NO4/c1-8(13)12-7-3-2-4-9-5-6-10(16-9)11(14)15/h2,4-6H,3,7H2,1H3,(H,12,13)(H,14,15). The van der Waals surface area contributed by atoms with Crippen molar-refractivity contribution in [1.29, 1.82) is 0 Å². The predicted octanol–water partition coefficient (Wildman–Crippen LogP) is 1.52. The largest absolute Gasteiger partial charge is 0.475 e. The minimum Gasteiger partial charge on any atom is -0.475 e. The summed E-state index contributed by atoms with van der Waals surface area (Å²) >= 11 is 0. The average molecular weight is 223 g/mol. The molecule has 0 saturated heterocycles. The molecule has 16 heavy (non-hydrogen) atoms. The Morgan fingerprint density at radius 1 is 1.50 bits per heavy atom. The maximum Gasteiger partial charge on any atom is 0.371 e. The van der Waals surface area contributed by atoms with Crippen LogP contribution in [0.4, 0.5) is 0 Å². The molecule has 1 aromatic heterocycles. The number of hydrogen-bond donors (Lipinski definition) is 2. The van der Waals surface area contributed by atoms with Crippen molar-refractivity contribution < 1.29 is 19.1 Å². The third-order valence-electron chi connectivity index (χ3n) is 1.80. The first-order valence-corrected chi connectivity index (χ1v) is 4.83. The number of rotatable bonds is 5. The molecular formula is C11H13NO4. The molecule has 5 nitrogen and oxygen atoms in total. The molecule has 0 aliphatic heterocycles. The van der Waals surface area contributed by atoms with Crippen molar-refractivity contribution in [2.45, 2.75) is 13.3 Å². The highest BCUT2D eigenvalue weighted by Gasteiger charge is 2.06. The molecule has 86 valence electrons. The number of amides is 1. The van der Waals surface area contributed by atoms with Gasteiger partial charge in [-0.05, 0) is 24.6 Å². The fourth-order valence-corrected chi connectivity index (χ4v) is 1.09. The van der Waals surface area contributed by atoms with E-state index in [0.717, 1.165) is 0 Å². The molecule has 0 unspecified atom stereocenters. The molecule has 0 atom stereocenters. The Morgan fingerprint density at radius 3 is 2.81 bits per heavy atom. The zero-order valence-electron chi connectivity index (χ0n) is 8.90. The van der Waals surface area contributed by atoms with Crippen LogP contribution in [0.3, 0.4) is 0 Å². The van der Waals surface area contributed by atoms with Crippen LogP contribution in [0.15, 0.2) is 22.6 Å². The number of hydrogen-bond acceptors (Lipinski definition) is 3. The molecule has 1 heterocycles. The summed E-state index contributed by atoms with van der Waals surface area (Å²) in [5, 5.41) is 11.2. The van der Waals surface area contributed by atoms with Gasteiger partial charge in [-0.25, -0.2) is 4.79 Å². The monoisotopic (exact) mass is 223 g/mol. The van der Waals surface area contributed by atoms with Crippen LogP contribution in [-0.4, -0.2) is 23.5 Å². The highest BCUT2D eigenvalue weighted by Crippen LogP contribution is 2.09. The Bertz CT molecular complexity index is 406. The van der Waals surface area contributed by atoms with E-state index in [4.69, 9.17) is 9.52 Å². The van der Waals surface area contributed by atoms with Crippen molar-refractivity contribution in [2.24, 2.45) is 0 Å². The van der Waals surface area contributed by atoms with E-state index in [2.05, 4.69) is 5.32 Å². The molecule has 0 fully saturated rings. The molecule has 0 aromatic carbocycles. The second-order valence-electron chi connectivity index (χ2n) is 3.18. The number of furan rings is 1. The number of nitrogens with one attached hydrogen (secondary N) is 1. The van der Waals surface area contributed by atoms with E-state index in [1.54, 1.807) is 18.2 Å². The van der Waals surface area contributed by atoms with Crippen LogP contribution in [0.5, 0.6) is 0 Å². The number of carbonyl (C=O) groups excluding carboxylic acids is 1. The summed E-state index contributed by atoms with van der Waals surface area (Å²) in [5.41, 5.74) is 0. The van der Waals surface area contributed by atoms with Gasteiger partial charge in [0.2, 0.25) is 11.7 Å². The fraction of sp³-hybridized carbons (Fsp3) is 0.273. The molecule has 0 aliphatic rings. The molecule has 0 spiro atoms. The van der Waals surface area contributed by atoms with Gasteiger partial charge >= 0.3 is 5.97 Å². The summed E-state index contributed by atoms with van der Waals surface area (Å²) in [6, 6.07) is 2.98. The minimum atomic E-state index is -1.09. The molecule has 0 saturated carbocycles. The predicted molar refractivity (Wildman–Crippen MR) is 58.0 cm³/mol. The van der Waals surface area contributed by atoms with Gasteiger partial charge in [0.05, 0.1) is 0 Å². The molecule has 1 aromatic rings. The third-order valence-corrected chi connectivity index (χ3v) is 1.80. The smallest absolute Gasteiger partial charge is 0.371 e. The van der Waals surface area contributed by atoms with E-state index in [9.17, 15) is 9.59 Å². The maximum absolute atomic E-state index is 10.5. The van der Waals surface area contributed by atoms with Gasteiger partial charge in [-0.3, -0.25) is 4.79 Å². The molecular weight excluding hydrogens is 210 g/mol. The average Bonchev–Trinajstić information content (AvgIpc) is 2.65. The summed E-state index contributed by atoms with van der Waals surface area (Å²) in [5.74, 6) is -0.751. The second kappa shape index (κ2) is 5.75. The Morgan fingerprint density at radius 2 is 2.25 bits per heavy atom. The van der Waals surface area contributed by atoms with E-state index in [1.807, 2.05) is 0 Å². The van der Waals surface area contributed by atoms with Gasteiger partial charge < -0.3 is 14.8 Å². The quantitative estimate of drug-likeness (QED) is 0.741. The number of carboxylic acids is 1. The molecule has 5 heteroatoms. The van der Waals surface area contributed by atoms with Crippen molar-refractivity contribution >= 4 is 18.0 Å². The van der Waals surface area contributed by atoms with E-state index in [1.165, 1.54) is 13.0 Å². The minimum absolute atomic E-state index is 0.0698. The summed E-state index contributed by atoms with van der Waals surface area (Å²) < 4.78 is 5.00. The number of aromatic carboxylic acids is 1.